The first-order valence-electron chi connectivity index (χ1n) is 5.87. The molecule has 8 heteroatoms. The lowest BCUT2D eigenvalue weighted by molar-refractivity contribution is 0.756. The Labute approximate surface area is 127 Å². The van der Waals surface area contributed by atoms with Gasteiger partial charge in [0.2, 0.25) is 0 Å². The van der Waals surface area contributed by atoms with Crippen LogP contribution in [0.25, 0.3) is 0 Å². The summed E-state index contributed by atoms with van der Waals surface area (Å²) in [5, 5.41) is 7.81. The zero-order chi connectivity index (χ0) is 14.7. The molecule has 0 atom stereocenters. The number of H-pyrrole nitrogens is 1. The van der Waals surface area contributed by atoms with Crippen molar-refractivity contribution in [2.24, 2.45) is 12.1 Å². The van der Waals surface area contributed by atoms with Crippen LogP contribution < -0.4 is 16.3 Å². The second kappa shape index (κ2) is 6.19. The third-order valence-electron chi connectivity index (χ3n) is 2.62. The molecule has 2 aromatic heterocycles. The Bertz CT molecular complexity index is 715. The van der Waals surface area contributed by atoms with Crippen LogP contribution in [0.5, 0.6) is 0 Å². The Morgan fingerprint density at radius 2 is 2.25 bits per heavy atom. The van der Waals surface area contributed by atoms with Crippen LogP contribution in [0.1, 0.15) is 11.8 Å². The summed E-state index contributed by atoms with van der Waals surface area (Å²) in [6, 6.07) is 3.29. The maximum atomic E-state index is 11.6. The van der Waals surface area contributed by atoms with Crippen LogP contribution in [-0.4, -0.2) is 22.3 Å². The highest BCUT2D eigenvalue weighted by molar-refractivity contribution is 9.10. The Kier molecular flexibility index (Phi) is 4.56. The molecule has 6 nitrogen and oxygen atoms in total. The first kappa shape index (κ1) is 14.7. The van der Waals surface area contributed by atoms with Crippen molar-refractivity contribution in [3.63, 3.8) is 0 Å². The van der Waals surface area contributed by atoms with Gasteiger partial charge in [-0.1, -0.05) is 0 Å². The van der Waals surface area contributed by atoms with Crippen molar-refractivity contribution < 1.29 is 0 Å². The van der Waals surface area contributed by atoms with E-state index >= 15 is 0 Å². The lowest BCUT2D eigenvalue weighted by atomic mass is 10.5. The van der Waals surface area contributed by atoms with Crippen molar-refractivity contribution >= 4 is 39.3 Å². The number of halogens is 1. The number of nitrogens with one attached hydrogen (secondary N) is 1. The number of hydrazone groups is 1. The van der Waals surface area contributed by atoms with E-state index in [4.69, 9.17) is 0 Å². The number of nitrogens with zero attached hydrogens (tertiary/aromatic N) is 3. The third-order valence-corrected chi connectivity index (χ3v) is 4.25. The molecule has 0 saturated heterocycles. The molecule has 1 N–H and O–H groups in total. The Hall–Kier alpha value is -1.67. The van der Waals surface area contributed by atoms with Gasteiger partial charge in [-0.3, -0.25) is 14.3 Å². The molecule has 0 unspecified atom stereocenters. The average Bonchev–Trinajstić information content (AvgIpc) is 2.82. The van der Waals surface area contributed by atoms with Gasteiger partial charge < -0.3 is 0 Å². The van der Waals surface area contributed by atoms with Gasteiger partial charge in [0.1, 0.15) is 5.82 Å². The van der Waals surface area contributed by atoms with Crippen LogP contribution in [0.3, 0.4) is 0 Å². The molecule has 0 spiro atoms. The Balaban J connectivity index is 2.31. The summed E-state index contributed by atoms with van der Waals surface area (Å²) in [5.74, 6) is 0.382. The standard InChI is InChI=1S/C12H13BrN4O2S/c1-3-17(14-6-9-4-8(13)7-20-9)10-5-11(18)16(2)12(19)15-10/h4-7H,3H2,1-2H3,(H,15,19)/b14-6+. The summed E-state index contributed by atoms with van der Waals surface area (Å²) in [7, 11) is 1.42. The second-order valence-electron chi connectivity index (χ2n) is 3.98. The third kappa shape index (κ3) is 3.26. The van der Waals surface area contributed by atoms with Crippen molar-refractivity contribution in [2.75, 3.05) is 11.6 Å². The van der Waals surface area contributed by atoms with Gasteiger partial charge in [-0.05, 0) is 28.9 Å². The molecule has 0 aliphatic heterocycles. The molecule has 0 saturated carbocycles. The quantitative estimate of drug-likeness (QED) is 0.670. The van der Waals surface area contributed by atoms with Crippen LogP contribution in [0.4, 0.5) is 5.82 Å². The number of hydrogen-bond donors (Lipinski definition) is 1. The normalized spacial score (nSPS) is 11.2. The second-order valence-corrected chi connectivity index (χ2v) is 5.84. The molecule has 0 radical (unpaired) electrons. The largest absolute Gasteiger partial charge is 0.329 e. The van der Waals surface area contributed by atoms with Crippen molar-refractivity contribution in [3.05, 3.63) is 47.7 Å². The summed E-state index contributed by atoms with van der Waals surface area (Å²) in [5.41, 5.74) is -0.823. The first-order valence-corrected chi connectivity index (χ1v) is 7.54. The molecule has 106 valence electrons. The summed E-state index contributed by atoms with van der Waals surface area (Å²) in [6.45, 7) is 2.42. The van der Waals surface area contributed by atoms with E-state index in [1.807, 2.05) is 18.4 Å². The van der Waals surface area contributed by atoms with E-state index in [2.05, 4.69) is 26.0 Å². The Morgan fingerprint density at radius 1 is 1.50 bits per heavy atom. The van der Waals surface area contributed by atoms with E-state index in [1.54, 1.807) is 22.6 Å². The number of anilines is 1. The van der Waals surface area contributed by atoms with Gasteiger partial charge in [0.05, 0.1) is 6.21 Å². The summed E-state index contributed by atoms with van der Waals surface area (Å²) >= 11 is 4.92. The van der Waals surface area contributed by atoms with E-state index in [0.717, 1.165) is 13.9 Å². The summed E-state index contributed by atoms with van der Waals surface area (Å²) in [4.78, 5) is 26.8. The molecule has 2 heterocycles. The highest BCUT2D eigenvalue weighted by atomic mass is 79.9. The first-order chi connectivity index (χ1) is 9.51. The SMILES string of the molecule is CCN(/N=C/c1cc(Br)cs1)c1cc(=O)n(C)c(=O)[nH]1. The van der Waals surface area contributed by atoms with E-state index in [9.17, 15) is 9.59 Å². The predicted octanol–water partition coefficient (Wildman–Crippen LogP) is 1.76. The number of hydrogen-bond acceptors (Lipinski definition) is 5. The molecule has 0 aliphatic rings. The van der Waals surface area contributed by atoms with Crippen LogP contribution in [-0.2, 0) is 7.05 Å². The maximum absolute atomic E-state index is 11.6. The topological polar surface area (TPSA) is 70.5 Å². The highest BCUT2D eigenvalue weighted by Crippen LogP contribution is 2.18. The fourth-order valence-electron chi connectivity index (χ4n) is 1.52. The molecule has 2 rings (SSSR count). The highest BCUT2D eigenvalue weighted by Gasteiger charge is 2.06. The number of rotatable bonds is 4. The zero-order valence-electron chi connectivity index (χ0n) is 11.0. The fraction of sp³-hybridized carbons (Fsp3) is 0.250. The number of thiophene rings is 1. The van der Waals surface area contributed by atoms with Crippen molar-refractivity contribution in [1.29, 1.82) is 0 Å². The van der Waals surface area contributed by atoms with E-state index in [0.29, 0.717) is 12.4 Å². The van der Waals surface area contributed by atoms with Crippen LogP contribution in [0.15, 0.2) is 36.7 Å². The lowest BCUT2D eigenvalue weighted by Crippen LogP contribution is -2.34. The molecular formula is C12H13BrN4O2S. The molecule has 2 aromatic rings. The molecule has 0 aliphatic carbocycles. The monoisotopic (exact) mass is 356 g/mol. The predicted molar refractivity (Wildman–Crippen MR) is 84.9 cm³/mol. The van der Waals surface area contributed by atoms with Crippen LogP contribution in [0, 0.1) is 0 Å². The number of aromatic amines is 1. The van der Waals surface area contributed by atoms with Gasteiger partial charge in [-0.25, -0.2) is 9.80 Å². The molecule has 0 amide bonds. The van der Waals surface area contributed by atoms with Gasteiger partial charge in [0.25, 0.3) is 5.56 Å². The minimum atomic E-state index is -0.458. The van der Waals surface area contributed by atoms with Gasteiger partial charge in [0.15, 0.2) is 0 Å². The zero-order valence-corrected chi connectivity index (χ0v) is 13.4. The van der Waals surface area contributed by atoms with E-state index < -0.39 is 5.69 Å². The van der Waals surface area contributed by atoms with Crippen molar-refractivity contribution in [2.45, 2.75) is 6.92 Å². The van der Waals surface area contributed by atoms with Gasteiger partial charge >= 0.3 is 5.69 Å². The van der Waals surface area contributed by atoms with Crippen molar-refractivity contribution in [1.82, 2.24) is 9.55 Å². The smallest absolute Gasteiger partial charge is 0.292 e. The molecular weight excluding hydrogens is 344 g/mol. The van der Waals surface area contributed by atoms with E-state index in [-0.39, 0.29) is 5.56 Å². The van der Waals surface area contributed by atoms with Crippen molar-refractivity contribution in [3.8, 4) is 0 Å². The molecule has 20 heavy (non-hydrogen) atoms. The molecule has 0 bridgehead atoms. The summed E-state index contributed by atoms with van der Waals surface area (Å²) in [6.07, 6.45) is 1.69. The van der Waals surface area contributed by atoms with Gasteiger partial charge in [-0.2, -0.15) is 5.10 Å². The minimum Gasteiger partial charge on any atom is -0.292 e. The van der Waals surface area contributed by atoms with E-state index in [1.165, 1.54) is 13.1 Å². The molecule has 0 aromatic carbocycles. The van der Waals surface area contributed by atoms with Crippen LogP contribution >= 0.6 is 27.3 Å². The summed E-state index contributed by atoms with van der Waals surface area (Å²) < 4.78 is 2.01. The maximum Gasteiger partial charge on any atom is 0.329 e. The van der Waals surface area contributed by atoms with Gasteiger partial charge in [-0.15, -0.1) is 11.3 Å². The van der Waals surface area contributed by atoms with Crippen LogP contribution in [0.2, 0.25) is 0 Å². The lowest BCUT2D eigenvalue weighted by Gasteiger charge is -2.15. The number of aromatic nitrogens is 2. The van der Waals surface area contributed by atoms with Gasteiger partial charge in [0, 0.05) is 34.4 Å². The fourth-order valence-corrected chi connectivity index (χ4v) is 2.82. The minimum absolute atomic E-state index is 0.365. The Morgan fingerprint density at radius 3 is 2.80 bits per heavy atom. The average molecular weight is 357 g/mol. The molecule has 0 fully saturated rings.